The Kier molecular flexibility index (Phi) is 7.46. The second-order valence-electron chi connectivity index (χ2n) is 7.77. The first-order valence-electron chi connectivity index (χ1n) is 9.42. The van der Waals surface area contributed by atoms with Gasteiger partial charge < -0.3 is 14.4 Å². The van der Waals surface area contributed by atoms with Gasteiger partial charge in [-0.25, -0.2) is 13.2 Å². The Morgan fingerprint density at radius 1 is 1.14 bits per heavy atom. The number of benzene rings is 1. The summed E-state index contributed by atoms with van der Waals surface area (Å²) in [6, 6.07) is 5.27. The minimum Gasteiger partial charge on any atom is -0.482 e. The van der Waals surface area contributed by atoms with E-state index in [1.165, 1.54) is 4.90 Å². The molecule has 1 aromatic carbocycles. The molecule has 0 bridgehead atoms. The molecule has 0 spiro atoms. The van der Waals surface area contributed by atoms with Gasteiger partial charge in [0.05, 0.1) is 11.5 Å². The molecule has 2 rings (SSSR count). The molecular formula is C20H29NO6S. The number of hydrogen-bond acceptors (Lipinski definition) is 6. The number of esters is 1. The highest BCUT2D eigenvalue weighted by Gasteiger charge is 2.35. The summed E-state index contributed by atoms with van der Waals surface area (Å²) >= 11 is 0. The summed E-state index contributed by atoms with van der Waals surface area (Å²) < 4.78 is 34.0. The Morgan fingerprint density at radius 3 is 2.32 bits per heavy atom. The first-order valence-corrected chi connectivity index (χ1v) is 11.2. The Labute approximate surface area is 166 Å². The van der Waals surface area contributed by atoms with Gasteiger partial charge in [-0.1, -0.05) is 19.9 Å². The van der Waals surface area contributed by atoms with E-state index < -0.39 is 22.4 Å². The maximum atomic E-state index is 12.6. The van der Waals surface area contributed by atoms with Crippen LogP contribution in [-0.2, 0) is 24.2 Å². The van der Waals surface area contributed by atoms with Crippen LogP contribution in [0.15, 0.2) is 18.2 Å². The fourth-order valence-electron chi connectivity index (χ4n) is 3.29. The van der Waals surface area contributed by atoms with Crippen LogP contribution >= 0.6 is 0 Å². The molecule has 0 N–H and O–H groups in total. The summed E-state index contributed by atoms with van der Waals surface area (Å²) in [4.78, 5) is 26.0. The fraction of sp³-hybridized carbons (Fsp3) is 0.600. The van der Waals surface area contributed by atoms with Crippen LogP contribution in [0.5, 0.6) is 5.75 Å². The van der Waals surface area contributed by atoms with Gasteiger partial charge in [0.2, 0.25) is 0 Å². The van der Waals surface area contributed by atoms with Crippen LogP contribution in [0.3, 0.4) is 0 Å². The van der Waals surface area contributed by atoms with Crippen LogP contribution in [0.25, 0.3) is 0 Å². The minimum atomic E-state index is -3.11. The van der Waals surface area contributed by atoms with E-state index in [1.807, 2.05) is 45.9 Å². The molecule has 7 nitrogen and oxygen atoms in total. The number of carbonyl (C=O) groups excluding carboxylic acids is 2. The maximum Gasteiger partial charge on any atom is 0.344 e. The molecule has 1 saturated heterocycles. The molecule has 156 valence electrons. The van der Waals surface area contributed by atoms with Gasteiger partial charge in [-0.2, -0.15) is 0 Å². The quantitative estimate of drug-likeness (QED) is 0.607. The van der Waals surface area contributed by atoms with Crippen LogP contribution in [0, 0.1) is 19.8 Å². The van der Waals surface area contributed by atoms with Crippen LogP contribution in [0.2, 0.25) is 0 Å². The molecule has 1 aliphatic rings. The van der Waals surface area contributed by atoms with Crippen molar-refractivity contribution < 1.29 is 27.5 Å². The number of ether oxygens (including phenoxy) is 2. The lowest BCUT2D eigenvalue weighted by Gasteiger charge is -2.29. The van der Waals surface area contributed by atoms with Crippen molar-refractivity contribution in [2.45, 2.75) is 40.2 Å². The van der Waals surface area contributed by atoms with Crippen LogP contribution in [0.4, 0.5) is 0 Å². The van der Waals surface area contributed by atoms with Crippen molar-refractivity contribution in [2.75, 3.05) is 31.3 Å². The number of aryl methyl sites for hydroxylation is 2. The molecule has 0 saturated carbocycles. The Morgan fingerprint density at radius 2 is 1.79 bits per heavy atom. The molecule has 1 amide bonds. The lowest BCUT2D eigenvalue weighted by molar-refractivity contribution is -0.154. The van der Waals surface area contributed by atoms with Crippen molar-refractivity contribution in [3.63, 3.8) is 0 Å². The molecular weight excluding hydrogens is 382 g/mol. The largest absolute Gasteiger partial charge is 0.482 e. The molecule has 8 heteroatoms. The zero-order valence-electron chi connectivity index (χ0n) is 16.9. The number of hydrogen-bond donors (Lipinski definition) is 0. The number of amides is 1. The normalized spacial score (nSPS) is 18.1. The fourth-order valence-corrected chi connectivity index (χ4v) is 5.03. The summed E-state index contributed by atoms with van der Waals surface area (Å²) in [7, 11) is -3.11. The Balaban J connectivity index is 1.87. The van der Waals surface area contributed by atoms with Crippen LogP contribution in [0.1, 0.15) is 31.4 Å². The third-order valence-electron chi connectivity index (χ3n) is 4.44. The van der Waals surface area contributed by atoms with Gasteiger partial charge in [0.15, 0.2) is 23.1 Å². The number of nitrogens with zero attached hydrogens (tertiary/aromatic N) is 1. The predicted octanol–water partition coefficient (Wildman–Crippen LogP) is 1.90. The van der Waals surface area contributed by atoms with Crippen molar-refractivity contribution >= 4 is 21.7 Å². The van der Waals surface area contributed by atoms with Crippen molar-refractivity contribution in [2.24, 2.45) is 5.92 Å². The molecule has 1 fully saturated rings. The molecule has 1 atom stereocenters. The van der Waals surface area contributed by atoms with E-state index in [4.69, 9.17) is 9.47 Å². The Bertz CT molecular complexity index is 798. The average Bonchev–Trinajstić information content (AvgIpc) is 2.94. The van der Waals surface area contributed by atoms with E-state index in [0.29, 0.717) is 18.7 Å². The molecule has 28 heavy (non-hydrogen) atoms. The molecule has 0 aromatic heterocycles. The van der Waals surface area contributed by atoms with E-state index in [1.54, 1.807) is 0 Å². The second-order valence-corrected chi connectivity index (χ2v) is 10.00. The van der Waals surface area contributed by atoms with Crippen molar-refractivity contribution in [3.8, 4) is 5.75 Å². The zero-order valence-corrected chi connectivity index (χ0v) is 17.8. The van der Waals surface area contributed by atoms with E-state index in [9.17, 15) is 18.0 Å². The monoisotopic (exact) mass is 411 g/mol. The molecule has 1 aliphatic heterocycles. The third-order valence-corrected chi connectivity index (χ3v) is 6.19. The van der Waals surface area contributed by atoms with E-state index >= 15 is 0 Å². The lowest BCUT2D eigenvalue weighted by Crippen LogP contribution is -2.45. The van der Waals surface area contributed by atoms with Crippen molar-refractivity contribution in [3.05, 3.63) is 29.3 Å². The Hall–Kier alpha value is -2.09. The smallest absolute Gasteiger partial charge is 0.344 e. The highest BCUT2D eigenvalue weighted by Crippen LogP contribution is 2.19. The van der Waals surface area contributed by atoms with Crippen molar-refractivity contribution in [1.29, 1.82) is 0 Å². The third kappa shape index (κ3) is 6.82. The summed E-state index contributed by atoms with van der Waals surface area (Å²) in [5.74, 6) is -0.223. The van der Waals surface area contributed by atoms with Gasteiger partial charge in [-0.3, -0.25) is 4.79 Å². The lowest BCUT2D eigenvalue weighted by atomic mass is 10.1. The first kappa shape index (κ1) is 22.2. The minimum absolute atomic E-state index is 0.0325. The maximum absolute atomic E-state index is 12.6. The summed E-state index contributed by atoms with van der Waals surface area (Å²) in [6.45, 7) is 7.49. The second kappa shape index (κ2) is 9.41. The molecule has 0 radical (unpaired) electrons. The summed E-state index contributed by atoms with van der Waals surface area (Å²) in [6.07, 6.45) is 0.421. The first-order chi connectivity index (χ1) is 13.1. The number of sulfone groups is 1. The highest BCUT2D eigenvalue weighted by molar-refractivity contribution is 7.91. The SMILES string of the molecule is Cc1cc(C)cc(OCC(=O)OCC(=O)N(CC(C)C)[C@H]2CCS(=O)(=O)C2)c1. The summed E-state index contributed by atoms with van der Waals surface area (Å²) in [5, 5.41) is 0. The highest BCUT2D eigenvalue weighted by atomic mass is 32.2. The molecule has 0 unspecified atom stereocenters. The number of carbonyl (C=O) groups is 2. The zero-order chi connectivity index (χ0) is 20.9. The molecule has 0 aliphatic carbocycles. The topological polar surface area (TPSA) is 90.0 Å². The van der Waals surface area contributed by atoms with Crippen LogP contribution in [-0.4, -0.2) is 62.5 Å². The summed E-state index contributed by atoms with van der Waals surface area (Å²) in [5.41, 5.74) is 2.05. The van der Waals surface area contributed by atoms with E-state index in [0.717, 1.165) is 11.1 Å². The van der Waals surface area contributed by atoms with Gasteiger partial charge in [0, 0.05) is 12.6 Å². The number of rotatable bonds is 8. The van der Waals surface area contributed by atoms with Gasteiger partial charge in [0.1, 0.15) is 5.75 Å². The van der Waals surface area contributed by atoms with Gasteiger partial charge >= 0.3 is 5.97 Å². The molecule has 1 aromatic rings. The van der Waals surface area contributed by atoms with Crippen LogP contribution < -0.4 is 4.74 Å². The predicted molar refractivity (Wildman–Crippen MR) is 106 cm³/mol. The standard InChI is InChI=1S/C20H29NO6S/c1-14(2)10-21(17-5-6-28(24,25)13-17)19(22)11-27-20(23)12-26-18-8-15(3)7-16(4)9-18/h7-9,14,17H,5-6,10-13H2,1-4H3/t17-/m0/s1. The van der Waals surface area contributed by atoms with E-state index in [2.05, 4.69) is 0 Å². The van der Waals surface area contributed by atoms with Gasteiger partial charge in [-0.15, -0.1) is 0 Å². The van der Waals surface area contributed by atoms with Gasteiger partial charge in [0.25, 0.3) is 5.91 Å². The molecule has 1 heterocycles. The van der Waals surface area contributed by atoms with E-state index in [-0.39, 0.29) is 36.0 Å². The van der Waals surface area contributed by atoms with Gasteiger partial charge in [-0.05, 0) is 49.4 Å². The average molecular weight is 412 g/mol. The van der Waals surface area contributed by atoms with Crippen molar-refractivity contribution in [1.82, 2.24) is 4.90 Å².